The zero-order chi connectivity index (χ0) is 26.0. The van der Waals surface area contributed by atoms with Crippen LogP contribution in [-0.2, 0) is 29.0 Å². The minimum atomic E-state index is -0.478. The van der Waals surface area contributed by atoms with Crippen LogP contribution in [0.5, 0.6) is 11.5 Å². The Morgan fingerprint density at radius 3 is 2.68 bits per heavy atom. The molecule has 0 fully saturated rings. The van der Waals surface area contributed by atoms with E-state index in [2.05, 4.69) is 0 Å². The fraction of sp³-hybridized carbons (Fsp3) is 0.367. The van der Waals surface area contributed by atoms with E-state index < -0.39 is 6.17 Å². The fourth-order valence-corrected chi connectivity index (χ4v) is 4.73. The smallest absolute Gasteiger partial charge is 0.126 e. The van der Waals surface area contributed by atoms with Crippen molar-refractivity contribution < 1.29 is 23.4 Å². The van der Waals surface area contributed by atoms with E-state index in [9.17, 15) is 9.18 Å². The lowest BCUT2D eigenvalue weighted by molar-refractivity contribution is -0.111. The third-order valence-corrected chi connectivity index (χ3v) is 6.72. The number of para-hydroxylation sites is 1. The molecule has 1 aliphatic rings. The molecule has 7 heteroatoms. The number of fused-ring (bicyclic) bond motifs is 1. The Labute approximate surface area is 218 Å². The van der Waals surface area contributed by atoms with E-state index >= 15 is 0 Å². The Morgan fingerprint density at radius 1 is 1.08 bits per heavy atom. The van der Waals surface area contributed by atoms with Crippen molar-refractivity contribution in [2.45, 2.75) is 38.5 Å². The molecule has 0 aromatic heterocycles. The summed E-state index contributed by atoms with van der Waals surface area (Å²) < 4.78 is 30.6. The number of nitrogens with zero attached hydrogens (tertiary/aromatic N) is 1. The molecule has 6 nitrogen and oxygen atoms in total. The number of methoxy groups -OCH3 is 1. The van der Waals surface area contributed by atoms with Gasteiger partial charge in [0.25, 0.3) is 0 Å². The number of carbonyl (C=O) groups is 1. The van der Waals surface area contributed by atoms with Crippen molar-refractivity contribution in [3.05, 3.63) is 89.2 Å². The Kier molecular flexibility index (Phi) is 9.52. The lowest BCUT2D eigenvalue weighted by Crippen LogP contribution is -2.50. The highest BCUT2D eigenvalue weighted by Crippen LogP contribution is 2.30. The quantitative estimate of drug-likeness (QED) is 0.262. The third kappa shape index (κ3) is 7.08. The number of halogens is 1. The van der Waals surface area contributed by atoms with E-state index in [1.165, 1.54) is 6.07 Å². The second-order valence-electron chi connectivity index (χ2n) is 9.28. The first-order valence-corrected chi connectivity index (χ1v) is 12.8. The van der Waals surface area contributed by atoms with Crippen molar-refractivity contribution in [3.63, 3.8) is 0 Å². The zero-order valence-corrected chi connectivity index (χ0v) is 21.3. The lowest BCUT2D eigenvalue weighted by atomic mass is 9.94. The van der Waals surface area contributed by atoms with Crippen LogP contribution in [0.4, 0.5) is 10.1 Å². The van der Waals surface area contributed by atoms with Crippen LogP contribution < -0.4 is 20.1 Å². The van der Waals surface area contributed by atoms with Gasteiger partial charge in [-0.05, 0) is 66.8 Å². The summed E-state index contributed by atoms with van der Waals surface area (Å²) in [6, 6.07) is 20.4. The van der Waals surface area contributed by atoms with Crippen LogP contribution in [0, 0.1) is 11.7 Å². The molecule has 0 radical (unpaired) electrons. The minimum absolute atomic E-state index is 0.246. The van der Waals surface area contributed by atoms with Gasteiger partial charge in [0.15, 0.2) is 0 Å². The minimum Gasteiger partial charge on any atom is -0.496 e. The van der Waals surface area contributed by atoms with Gasteiger partial charge < -0.3 is 29.6 Å². The van der Waals surface area contributed by atoms with Gasteiger partial charge in [-0.2, -0.15) is 0 Å². The first-order chi connectivity index (χ1) is 18.1. The maximum Gasteiger partial charge on any atom is 0.126 e. The maximum atomic E-state index is 13.7. The lowest BCUT2D eigenvalue weighted by Gasteiger charge is -2.38. The molecule has 0 saturated heterocycles. The molecule has 0 spiro atoms. The second-order valence-corrected chi connectivity index (χ2v) is 9.28. The third-order valence-electron chi connectivity index (χ3n) is 6.72. The first-order valence-electron chi connectivity index (χ1n) is 12.8. The van der Waals surface area contributed by atoms with Crippen molar-refractivity contribution in [1.82, 2.24) is 0 Å². The summed E-state index contributed by atoms with van der Waals surface area (Å²) in [5.74, 6) is 0.965. The highest BCUT2D eigenvalue weighted by molar-refractivity contribution is 5.61. The molecule has 0 aliphatic carbocycles. The van der Waals surface area contributed by atoms with Crippen molar-refractivity contribution in [3.8, 4) is 11.5 Å². The van der Waals surface area contributed by atoms with Crippen molar-refractivity contribution >= 4 is 12.0 Å². The van der Waals surface area contributed by atoms with Gasteiger partial charge in [0.05, 0.1) is 39.0 Å². The predicted molar refractivity (Wildman–Crippen MR) is 143 cm³/mol. The largest absolute Gasteiger partial charge is 0.496 e. The number of rotatable bonds is 13. The summed E-state index contributed by atoms with van der Waals surface area (Å²) in [6.07, 6.45) is 3.44. The zero-order valence-electron chi connectivity index (χ0n) is 21.3. The Balaban J connectivity index is 1.23. The van der Waals surface area contributed by atoms with Gasteiger partial charge in [0.2, 0.25) is 0 Å². The average molecular weight is 507 g/mol. The molecule has 0 bridgehead atoms. The predicted octanol–water partition coefficient (Wildman–Crippen LogP) is 4.92. The highest BCUT2D eigenvalue weighted by atomic mass is 19.1. The fourth-order valence-electron chi connectivity index (χ4n) is 4.73. The van der Waals surface area contributed by atoms with E-state index in [4.69, 9.17) is 19.9 Å². The molecule has 0 saturated carbocycles. The van der Waals surface area contributed by atoms with Gasteiger partial charge in [0.1, 0.15) is 23.6 Å². The molecular weight excluding hydrogens is 471 g/mol. The Bertz CT molecular complexity index is 1150. The molecule has 2 atom stereocenters. The first kappa shape index (κ1) is 26.6. The number of ether oxygens (including phenoxy) is 3. The summed E-state index contributed by atoms with van der Waals surface area (Å²) in [6.45, 7) is 2.38. The van der Waals surface area contributed by atoms with Gasteiger partial charge in [0, 0.05) is 24.2 Å². The van der Waals surface area contributed by atoms with Crippen LogP contribution in [0.3, 0.4) is 0 Å². The van der Waals surface area contributed by atoms with Crippen LogP contribution in [0.2, 0.25) is 0 Å². The second kappa shape index (κ2) is 13.2. The average Bonchev–Trinajstić information content (AvgIpc) is 2.93. The Hall–Kier alpha value is -3.42. The van der Waals surface area contributed by atoms with Gasteiger partial charge in [-0.15, -0.1) is 0 Å². The van der Waals surface area contributed by atoms with Crippen LogP contribution in [0.1, 0.15) is 29.5 Å². The standard InChI is InChI=1S/C30H35FN2O4/c1-35-29-8-3-2-6-24(29)21-36-16-5-17-37-27-12-9-22(10-13-27)18-25(20-34)30(32)33-15-4-7-23-19-26(31)11-14-28(23)33/h2-3,6,8-14,19-20,25,30H,4-5,7,15-18,21,32H2,1H3. The summed E-state index contributed by atoms with van der Waals surface area (Å²) in [5, 5.41) is 0. The molecule has 1 aliphatic heterocycles. The number of anilines is 1. The monoisotopic (exact) mass is 506 g/mol. The van der Waals surface area contributed by atoms with Crippen molar-refractivity contribution in [2.75, 3.05) is 31.8 Å². The molecule has 3 aromatic carbocycles. The van der Waals surface area contributed by atoms with Crippen molar-refractivity contribution in [2.24, 2.45) is 11.7 Å². The van der Waals surface area contributed by atoms with Gasteiger partial charge in [-0.3, -0.25) is 0 Å². The maximum absolute atomic E-state index is 13.7. The molecule has 196 valence electrons. The molecule has 37 heavy (non-hydrogen) atoms. The van der Waals surface area contributed by atoms with Gasteiger partial charge >= 0.3 is 0 Å². The van der Waals surface area contributed by atoms with E-state index in [1.807, 2.05) is 53.4 Å². The van der Waals surface area contributed by atoms with Crippen LogP contribution in [0.25, 0.3) is 0 Å². The number of carbonyl (C=O) groups excluding carboxylic acids is 1. The molecule has 1 heterocycles. The summed E-state index contributed by atoms with van der Waals surface area (Å²) in [5.41, 5.74) is 10.4. The van der Waals surface area contributed by atoms with Gasteiger partial charge in [-0.25, -0.2) is 4.39 Å². The van der Waals surface area contributed by atoms with E-state index in [1.54, 1.807) is 19.2 Å². The summed E-state index contributed by atoms with van der Waals surface area (Å²) in [4.78, 5) is 14.0. The van der Waals surface area contributed by atoms with Crippen LogP contribution >= 0.6 is 0 Å². The van der Waals surface area contributed by atoms with E-state index in [0.29, 0.717) is 26.2 Å². The van der Waals surface area contributed by atoms with Crippen molar-refractivity contribution in [1.29, 1.82) is 0 Å². The summed E-state index contributed by atoms with van der Waals surface area (Å²) in [7, 11) is 1.66. The molecular formula is C30H35FN2O4. The Morgan fingerprint density at radius 2 is 1.89 bits per heavy atom. The topological polar surface area (TPSA) is 74.0 Å². The van der Waals surface area contributed by atoms with Crippen LogP contribution in [-0.4, -0.2) is 39.3 Å². The number of hydrogen-bond donors (Lipinski definition) is 1. The van der Waals surface area contributed by atoms with E-state index in [0.717, 1.165) is 66.0 Å². The number of aldehydes is 1. The number of hydrogen-bond acceptors (Lipinski definition) is 6. The number of aryl methyl sites for hydroxylation is 1. The number of nitrogens with two attached hydrogens (primary N) is 1. The molecule has 4 rings (SSSR count). The van der Waals surface area contributed by atoms with Crippen LogP contribution in [0.15, 0.2) is 66.7 Å². The number of benzene rings is 3. The highest BCUT2D eigenvalue weighted by Gasteiger charge is 2.28. The molecule has 2 unspecified atom stereocenters. The van der Waals surface area contributed by atoms with Gasteiger partial charge in [-0.1, -0.05) is 30.3 Å². The molecule has 3 aromatic rings. The summed E-state index contributed by atoms with van der Waals surface area (Å²) >= 11 is 0. The normalized spacial score (nSPS) is 14.5. The molecule has 2 N–H and O–H groups in total. The van der Waals surface area contributed by atoms with E-state index in [-0.39, 0.29) is 11.7 Å². The molecule has 0 amide bonds. The SMILES string of the molecule is COc1ccccc1COCCCOc1ccc(CC(C=O)C(N)N2CCCc3cc(F)ccc32)cc1.